The van der Waals surface area contributed by atoms with Gasteiger partial charge >= 0.3 is 5.97 Å². The fourth-order valence-corrected chi connectivity index (χ4v) is 1.56. The SMILES string of the molecule is COC(=O)/C=C/C(=C\C=O)c1ccc(OC)c(OC)c1. The smallest absolute Gasteiger partial charge is 0.330 e. The Labute approximate surface area is 117 Å². The van der Waals surface area contributed by atoms with Gasteiger partial charge in [-0.1, -0.05) is 6.07 Å². The average molecular weight is 276 g/mol. The van der Waals surface area contributed by atoms with Gasteiger partial charge in [0, 0.05) is 6.08 Å². The number of aldehydes is 1. The van der Waals surface area contributed by atoms with E-state index in [1.165, 1.54) is 39.6 Å². The zero-order chi connectivity index (χ0) is 15.0. The van der Waals surface area contributed by atoms with Crippen molar-refractivity contribution in [3.63, 3.8) is 0 Å². The van der Waals surface area contributed by atoms with Gasteiger partial charge < -0.3 is 14.2 Å². The van der Waals surface area contributed by atoms with Gasteiger partial charge in [0.2, 0.25) is 0 Å². The number of allylic oxidation sites excluding steroid dienone is 3. The highest BCUT2D eigenvalue weighted by Gasteiger charge is 2.07. The summed E-state index contributed by atoms with van der Waals surface area (Å²) < 4.78 is 14.8. The van der Waals surface area contributed by atoms with Crippen LogP contribution in [0.2, 0.25) is 0 Å². The Kier molecular flexibility index (Phi) is 6.03. The van der Waals surface area contributed by atoms with Crippen LogP contribution in [0.1, 0.15) is 5.56 Å². The van der Waals surface area contributed by atoms with Crippen molar-refractivity contribution < 1.29 is 23.8 Å². The number of esters is 1. The Morgan fingerprint density at radius 2 is 1.75 bits per heavy atom. The third kappa shape index (κ3) is 3.98. The monoisotopic (exact) mass is 276 g/mol. The first-order valence-corrected chi connectivity index (χ1v) is 5.80. The van der Waals surface area contributed by atoms with Crippen molar-refractivity contribution in [2.75, 3.05) is 21.3 Å². The zero-order valence-electron chi connectivity index (χ0n) is 11.6. The maximum Gasteiger partial charge on any atom is 0.330 e. The molecule has 0 aliphatic rings. The van der Waals surface area contributed by atoms with Crippen LogP contribution in [0.25, 0.3) is 5.57 Å². The predicted octanol–water partition coefficient (Wildman–Crippen LogP) is 2.02. The minimum atomic E-state index is -0.498. The van der Waals surface area contributed by atoms with E-state index in [0.29, 0.717) is 23.4 Å². The van der Waals surface area contributed by atoms with Crippen LogP contribution in [0.4, 0.5) is 0 Å². The minimum Gasteiger partial charge on any atom is -0.493 e. The summed E-state index contributed by atoms with van der Waals surface area (Å²) in [5.74, 6) is 0.620. The lowest BCUT2D eigenvalue weighted by Gasteiger charge is -2.09. The lowest BCUT2D eigenvalue weighted by Crippen LogP contribution is -1.95. The number of benzene rings is 1. The number of hydrogen-bond acceptors (Lipinski definition) is 5. The van der Waals surface area contributed by atoms with E-state index in [0.717, 1.165) is 5.56 Å². The lowest BCUT2D eigenvalue weighted by atomic mass is 10.0. The van der Waals surface area contributed by atoms with Crippen LogP contribution < -0.4 is 9.47 Å². The van der Waals surface area contributed by atoms with E-state index in [9.17, 15) is 9.59 Å². The fraction of sp³-hybridized carbons (Fsp3) is 0.200. The van der Waals surface area contributed by atoms with E-state index in [1.54, 1.807) is 18.2 Å². The molecule has 0 saturated heterocycles. The minimum absolute atomic E-state index is 0.498. The van der Waals surface area contributed by atoms with Crippen molar-refractivity contribution in [2.24, 2.45) is 0 Å². The molecular formula is C15H16O5. The standard InChI is InChI=1S/C15H16O5/c1-18-13-6-4-12(10-14(13)19-2)11(8-9-16)5-7-15(17)20-3/h4-10H,1-3H3/b7-5+,11-8+. The highest BCUT2D eigenvalue weighted by molar-refractivity contribution is 5.91. The molecular weight excluding hydrogens is 260 g/mol. The number of rotatable bonds is 6. The van der Waals surface area contributed by atoms with Crippen LogP contribution in [-0.4, -0.2) is 33.6 Å². The van der Waals surface area contributed by atoms with Gasteiger partial charge in [0.05, 0.1) is 21.3 Å². The normalized spacial score (nSPS) is 11.2. The fourth-order valence-electron chi connectivity index (χ4n) is 1.56. The first-order valence-electron chi connectivity index (χ1n) is 5.80. The number of ether oxygens (including phenoxy) is 3. The Bertz CT molecular complexity index is 543. The molecule has 1 aromatic rings. The summed E-state index contributed by atoms with van der Waals surface area (Å²) in [6.07, 6.45) is 4.74. The quantitative estimate of drug-likeness (QED) is 0.344. The van der Waals surface area contributed by atoms with Gasteiger partial charge in [0.1, 0.15) is 6.29 Å². The third-order valence-corrected chi connectivity index (χ3v) is 2.56. The Hall–Kier alpha value is -2.56. The molecule has 1 aromatic carbocycles. The van der Waals surface area contributed by atoms with Gasteiger partial charge in [-0.05, 0) is 35.4 Å². The van der Waals surface area contributed by atoms with Gasteiger partial charge in [0.15, 0.2) is 11.5 Å². The van der Waals surface area contributed by atoms with E-state index in [-0.39, 0.29) is 0 Å². The van der Waals surface area contributed by atoms with E-state index < -0.39 is 5.97 Å². The van der Waals surface area contributed by atoms with Crippen LogP contribution in [0, 0.1) is 0 Å². The second-order valence-corrected chi connectivity index (χ2v) is 3.68. The van der Waals surface area contributed by atoms with Gasteiger partial charge in [-0.3, -0.25) is 4.79 Å². The molecule has 5 nitrogen and oxygen atoms in total. The molecule has 1 rings (SSSR count). The highest BCUT2D eigenvalue weighted by atomic mass is 16.5. The molecule has 0 atom stereocenters. The maximum atomic E-state index is 11.1. The molecule has 0 aliphatic heterocycles. The Morgan fingerprint density at radius 3 is 2.30 bits per heavy atom. The number of carbonyl (C=O) groups excluding carboxylic acids is 2. The molecule has 0 saturated carbocycles. The molecule has 0 unspecified atom stereocenters. The predicted molar refractivity (Wildman–Crippen MR) is 74.7 cm³/mol. The summed E-state index contributed by atoms with van der Waals surface area (Å²) >= 11 is 0. The van der Waals surface area contributed by atoms with Crippen molar-refractivity contribution in [3.8, 4) is 11.5 Å². The summed E-state index contributed by atoms with van der Waals surface area (Å²) in [7, 11) is 4.35. The van der Waals surface area contributed by atoms with Crippen molar-refractivity contribution in [3.05, 3.63) is 42.0 Å². The average Bonchev–Trinajstić information content (AvgIpc) is 2.50. The van der Waals surface area contributed by atoms with Crippen LogP contribution in [0.15, 0.2) is 36.4 Å². The Balaban J connectivity index is 3.16. The van der Waals surface area contributed by atoms with Crippen LogP contribution in [-0.2, 0) is 14.3 Å². The molecule has 0 bridgehead atoms. The largest absolute Gasteiger partial charge is 0.493 e. The first-order chi connectivity index (χ1) is 9.65. The summed E-state index contributed by atoms with van der Waals surface area (Å²) in [6.45, 7) is 0. The lowest BCUT2D eigenvalue weighted by molar-refractivity contribution is -0.134. The van der Waals surface area contributed by atoms with Crippen molar-refractivity contribution in [1.82, 2.24) is 0 Å². The Morgan fingerprint density at radius 1 is 1.05 bits per heavy atom. The molecule has 5 heteroatoms. The van der Waals surface area contributed by atoms with Crippen LogP contribution in [0.3, 0.4) is 0 Å². The van der Waals surface area contributed by atoms with E-state index in [2.05, 4.69) is 4.74 Å². The summed E-state index contributed by atoms with van der Waals surface area (Å²) in [4.78, 5) is 21.8. The topological polar surface area (TPSA) is 61.8 Å². The van der Waals surface area contributed by atoms with E-state index in [1.807, 2.05) is 0 Å². The number of carbonyl (C=O) groups is 2. The van der Waals surface area contributed by atoms with Crippen molar-refractivity contribution in [2.45, 2.75) is 0 Å². The molecule has 0 N–H and O–H groups in total. The molecule has 20 heavy (non-hydrogen) atoms. The van der Waals surface area contributed by atoms with E-state index >= 15 is 0 Å². The number of methoxy groups -OCH3 is 3. The molecule has 106 valence electrons. The second-order valence-electron chi connectivity index (χ2n) is 3.68. The molecule has 0 spiro atoms. The summed E-state index contributed by atoms with van der Waals surface area (Å²) in [5, 5.41) is 0. The molecule has 0 radical (unpaired) electrons. The summed E-state index contributed by atoms with van der Waals surface area (Å²) in [6, 6.07) is 5.20. The van der Waals surface area contributed by atoms with Crippen molar-refractivity contribution in [1.29, 1.82) is 0 Å². The maximum absolute atomic E-state index is 11.1. The summed E-state index contributed by atoms with van der Waals surface area (Å²) in [5.41, 5.74) is 1.28. The zero-order valence-corrected chi connectivity index (χ0v) is 11.6. The molecule has 0 fully saturated rings. The third-order valence-electron chi connectivity index (χ3n) is 2.56. The van der Waals surface area contributed by atoms with E-state index in [4.69, 9.17) is 9.47 Å². The number of hydrogen-bond donors (Lipinski definition) is 0. The first kappa shape index (κ1) is 15.5. The van der Waals surface area contributed by atoms with Gasteiger partial charge in [-0.25, -0.2) is 4.79 Å². The molecule has 0 heterocycles. The van der Waals surface area contributed by atoms with Gasteiger partial charge in [-0.15, -0.1) is 0 Å². The molecule has 0 aliphatic carbocycles. The van der Waals surface area contributed by atoms with Crippen LogP contribution >= 0.6 is 0 Å². The highest BCUT2D eigenvalue weighted by Crippen LogP contribution is 2.30. The van der Waals surface area contributed by atoms with Crippen LogP contribution in [0.5, 0.6) is 11.5 Å². The van der Waals surface area contributed by atoms with Crippen molar-refractivity contribution >= 4 is 17.8 Å². The van der Waals surface area contributed by atoms with Gasteiger partial charge in [0.25, 0.3) is 0 Å². The second kappa shape index (κ2) is 7.78. The van der Waals surface area contributed by atoms with Gasteiger partial charge in [-0.2, -0.15) is 0 Å². The molecule has 0 amide bonds. The molecule has 0 aromatic heterocycles.